The summed E-state index contributed by atoms with van der Waals surface area (Å²) in [5.74, 6) is -1.44. The van der Waals surface area contributed by atoms with Crippen LogP contribution in [0.4, 0.5) is 10.1 Å². The fourth-order valence-electron chi connectivity index (χ4n) is 1.94. The molecule has 3 nitrogen and oxygen atoms in total. The van der Waals surface area contributed by atoms with Gasteiger partial charge in [-0.15, -0.1) is 6.58 Å². The van der Waals surface area contributed by atoms with Crippen LogP contribution < -0.4 is 4.90 Å². The largest absolute Gasteiger partial charge is 0.478 e. The van der Waals surface area contributed by atoms with E-state index in [2.05, 4.69) is 6.58 Å². The number of carboxylic acids is 1. The van der Waals surface area contributed by atoms with Gasteiger partial charge in [-0.1, -0.05) is 18.2 Å². The standard InChI is InChI=1S/C16H20FNO2/c1-5-11-18(16(2,3)4)15-12(9-10-14(19)20)7-6-8-13(15)17/h5-10H,1,11H2,2-4H3,(H,19,20)/b10-9+. The van der Waals surface area contributed by atoms with Crippen LogP contribution in [0.5, 0.6) is 0 Å². The third kappa shape index (κ3) is 3.95. The minimum atomic E-state index is -1.06. The number of halogens is 1. The van der Waals surface area contributed by atoms with Crippen LogP contribution in [-0.4, -0.2) is 23.2 Å². The minimum absolute atomic E-state index is 0.317. The van der Waals surface area contributed by atoms with Gasteiger partial charge >= 0.3 is 5.97 Å². The van der Waals surface area contributed by atoms with Crippen molar-refractivity contribution >= 4 is 17.7 Å². The van der Waals surface area contributed by atoms with Crippen molar-refractivity contribution in [1.82, 2.24) is 0 Å². The highest BCUT2D eigenvalue weighted by molar-refractivity contribution is 5.87. The molecule has 1 aromatic rings. The number of nitrogens with zero attached hydrogens (tertiary/aromatic N) is 1. The Bertz CT molecular complexity index is 530. The van der Waals surface area contributed by atoms with Crippen molar-refractivity contribution in [2.75, 3.05) is 11.4 Å². The molecule has 0 unspecified atom stereocenters. The van der Waals surface area contributed by atoms with Gasteiger partial charge in [0.25, 0.3) is 0 Å². The lowest BCUT2D eigenvalue weighted by Gasteiger charge is -2.38. The van der Waals surface area contributed by atoms with Crippen molar-refractivity contribution in [2.45, 2.75) is 26.3 Å². The Morgan fingerprint density at radius 3 is 2.60 bits per heavy atom. The maximum atomic E-state index is 14.2. The average molecular weight is 277 g/mol. The molecule has 0 spiro atoms. The van der Waals surface area contributed by atoms with E-state index in [0.717, 1.165) is 6.08 Å². The van der Waals surface area contributed by atoms with Crippen LogP contribution >= 0.6 is 0 Å². The average Bonchev–Trinajstić information content (AvgIpc) is 2.33. The Morgan fingerprint density at radius 1 is 1.45 bits per heavy atom. The highest BCUT2D eigenvalue weighted by Gasteiger charge is 2.24. The third-order valence-corrected chi connectivity index (χ3v) is 2.81. The molecule has 0 saturated carbocycles. The first-order valence-electron chi connectivity index (χ1n) is 6.35. The molecule has 0 radical (unpaired) electrons. The molecule has 0 atom stereocenters. The van der Waals surface area contributed by atoms with Crippen LogP contribution in [0.1, 0.15) is 26.3 Å². The van der Waals surface area contributed by atoms with Gasteiger partial charge in [-0.05, 0) is 32.9 Å². The van der Waals surface area contributed by atoms with Crippen LogP contribution in [0, 0.1) is 5.82 Å². The second-order valence-corrected chi connectivity index (χ2v) is 5.42. The van der Waals surface area contributed by atoms with Crippen molar-refractivity contribution in [1.29, 1.82) is 0 Å². The van der Waals surface area contributed by atoms with Crippen molar-refractivity contribution in [3.63, 3.8) is 0 Å². The minimum Gasteiger partial charge on any atom is -0.478 e. The zero-order valence-electron chi connectivity index (χ0n) is 12.1. The highest BCUT2D eigenvalue weighted by atomic mass is 19.1. The Balaban J connectivity index is 3.39. The Morgan fingerprint density at radius 2 is 2.10 bits per heavy atom. The van der Waals surface area contributed by atoms with Gasteiger partial charge < -0.3 is 10.0 Å². The van der Waals surface area contributed by atoms with E-state index in [-0.39, 0.29) is 11.4 Å². The first-order valence-corrected chi connectivity index (χ1v) is 6.35. The van der Waals surface area contributed by atoms with Crippen LogP contribution in [0.3, 0.4) is 0 Å². The predicted molar refractivity (Wildman–Crippen MR) is 80.4 cm³/mol. The van der Waals surface area contributed by atoms with Crippen molar-refractivity contribution < 1.29 is 14.3 Å². The molecule has 0 amide bonds. The molecule has 20 heavy (non-hydrogen) atoms. The van der Waals surface area contributed by atoms with Gasteiger partial charge in [0.15, 0.2) is 0 Å². The van der Waals surface area contributed by atoms with Crippen molar-refractivity contribution in [3.8, 4) is 0 Å². The summed E-state index contributed by atoms with van der Waals surface area (Å²) in [5.41, 5.74) is 0.601. The lowest BCUT2D eigenvalue weighted by Crippen LogP contribution is -2.42. The molecule has 0 bridgehead atoms. The van der Waals surface area contributed by atoms with Crippen LogP contribution in [-0.2, 0) is 4.79 Å². The quantitative estimate of drug-likeness (QED) is 0.659. The first-order chi connectivity index (χ1) is 9.27. The molecule has 0 aliphatic rings. The van der Waals surface area contributed by atoms with E-state index in [1.165, 1.54) is 12.1 Å². The van der Waals surface area contributed by atoms with E-state index in [9.17, 15) is 9.18 Å². The Kier molecular flexibility index (Phi) is 5.08. The smallest absolute Gasteiger partial charge is 0.328 e. The molecule has 0 saturated heterocycles. The van der Waals surface area contributed by atoms with Crippen LogP contribution in [0.2, 0.25) is 0 Å². The molecule has 1 N–H and O–H groups in total. The second-order valence-electron chi connectivity index (χ2n) is 5.42. The summed E-state index contributed by atoms with van der Waals surface area (Å²) in [5, 5.41) is 8.73. The number of anilines is 1. The normalized spacial score (nSPS) is 11.6. The number of hydrogen-bond donors (Lipinski definition) is 1. The number of hydrogen-bond acceptors (Lipinski definition) is 2. The molecular weight excluding hydrogens is 257 g/mol. The molecule has 1 aromatic carbocycles. The number of benzene rings is 1. The Labute approximate surface area is 119 Å². The third-order valence-electron chi connectivity index (χ3n) is 2.81. The van der Waals surface area contributed by atoms with Gasteiger partial charge in [-0.3, -0.25) is 0 Å². The van der Waals surface area contributed by atoms with Gasteiger partial charge in [0, 0.05) is 23.7 Å². The Hall–Kier alpha value is -2.10. The summed E-state index contributed by atoms with van der Waals surface area (Å²) in [4.78, 5) is 12.5. The van der Waals surface area contributed by atoms with E-state index < -0.39 is 5.97 Å². The summed E-state index contributed by atoms with van der Waals surface area (Å²) >= 11 is 0. The maximum absolute atomic E-state index is 14.2. The van der Waals surface area contributed by atoms with Crippen molar-refractivity contribution in [3.05, 3.63) is 48.3 Å². The zero-order chi connectivity index (χ0) is 15.3. The van der Waals surface area contributed by atoms with E-state index >= 15 is 0 Å². The second kappa shape index (κ2) is 6.37. The van der Waals surface area contributed by atoms with E-state index in [0.29, 0.717) is 17.8 Å². The molecule has 0 aromatic heterocycles. The number of carboxylic acid groups (broad SMARTS) is 1. The summed E-state index contributed by atoms with van der Waals surface area (Å²) in [6, 6.07) is 4.63. The van der Waals surface area contributed by atoms with Gasteiger partial charge in [0.2, 0.25) is 0 Å². The van der Waals surface area contributed by atoms with Crippen LogP contribution in [0.15, 0.2) is 36.9 Å². The summed E-state index contributed by atoms with van der Waals surface area (Å²) in [6.45, 7) is 10.1. The van der Waals surface area contributed by atoms with E-state index in [1.807, 2.05) is 25.7 Å². The number of aliphatic carboxylic acids is 1. The first kappa shape index (κ1) is 16.0. The molecule has 1 rings (SSSR count). The summed E-state index contributed by atoms with van der Waals surface area (Å²) in [6.07, 6.45) is 4.11. The molecule has 0 fully saturated rings. The molecule has 0 heterocycles. The number of rotatable bonds is 5. The highest BCUT2D eigenvalue weighted by Crippen LogP contribution is 2.31. The fourth-order valence-corrected chi connectivity index (χ4v) is 1.94. The lowest BCUT2D eigenvalue weighted by atomic mass is 10.0. The predicted octanol–water partition coefficient (Wildman–Crippen LogP) is 3.71. The van der Waals surface area contributed by atoms with Gasteiger partial charge in [0.05, 0.1) is 5.69 Å². The summed E-state index contributed by atoms with van der Waals surface area (Å²) < 4.78 is 14.2. The maximum Gasteiger partial charge on any atom is 0.328 e. The summed E-state index contributed by atoms with van der Waals surface area (Å²) in [7, 11) is 0. The van der Waals surface area contributed by atoms with Gasteiger partial charge in [0.1, 0.15) is 5.82 Å². The number of para-hydroxylation sites is 1. The van der Waals surface area contributed by atoms with E-state index in [1.54, 1.807) is 18.2 Å². The monoisotopic (exact) mass is 277 g/mol. The number of carbonyl (C=O) groups is 1. The van der Waals surface area contributed by atoms with Gasteiger partial charge in [-0.25, -0.2) is 9.18 Å². The van der Waals surface area contributed by atoms with Crippen LogP contribution in [0.25, 0.3) is 6.08 Å². The fraction of sp³-hybridized carbons (Fsp3) is 0.312. The zero-order valence-corrected chi connectivity index (χ0v) is 12.1. The van der Waals surface area contributed by atoms with Crippen molar-refractivity contribution in [2.24, 2.45) is 0 Å². The topological polar surface area (TPSA) is 40.5 Å². The lowest BCUT2D eigenvalue weighted by molar-refractivity contribution is -0.131. The van der Waals surface area contributed by atoms with Gasteiger partial charge in [-0.2, -0.15) is 0 Å². The molecule has 0 aliphatic carbocycles. The SMILES string of the molecule is C=CCN(c1c(F)cccc1/C=C/C(=O)O)C(C)(C)C. The molecule has 4 heteroatoms. The molecular formula is C16H20FNO2. The molecule has 0 aliphatic heterocycles. The molecule has 108 valence electrons. The van der Waals surface area contributed by atoms with E-state index in [4.69, 9.17) is 5.11 Å².